The number of carbonyl (C=O) groups is 2. The van der Waals surface area contributed by atoms with Crippen LogP contribution in [0.4, 0.5) is 0 Å². The molecule has 0 saturated carbocycles. The van der Waals surface area contributed by atoms with Crippen LogP contribution in [-0.4, -0.2) is 39.0 Å². The molecule has 0 aromatic heterocycles. The molecular formula is C12H14ClNO5. The van der Waals surface area contributed by atoms with Crippen LogP contribution in [0.25, 0.3) is 0 Å². The lowest BCUT2D eigenvalue weighted by Gasteiger charge is -2.13. The Morgan fingerprint density at radius 2 is 1.63 bits per heavy atom. The first-order valence-electron chi connectivity index (χ1n) is 5.30. The second-order valence-corrected chi connectivity index (χ2v) is 3.87. The van der Waals surface area contributed by atoms with E-state index < -0.39 is 11.1 Å². The Balaban J connectivity index is 3.08. The van der Waals surface area contributed by atoms with Gasteiger partial charge >= 0.3 is 0 Å². The third-order valence-electron chi connectivity index (χ3n) is 2.31. The highest BCUT2D eigenvalue weighted by atomic mass is 35.5. The highest BCUT2D eigenvalue weighted by molar-refractivity contribution is 6.64. The Bertz CT molecular complexity index is 464. The second kappa shape index (κ2) is 6.84. The topological polar surface area (TPSA) is 73.9 Å². The van der Waals surface area contributed by atoms with Crippen molar-refractivity contribution < 1.29 is 23.8 Å². The molecule has 1 aromatic rings. The fourth-order valence-electron chi connectivity index (χ4n) is 1.46. The second-order valence-electron chi connectivity index (χ2n) is 3.45. The molecule has 0 atom stereocenters. The first-order chi connectivity index (χ1) is 9.03. The lowest BCUT2D eigenvalue weighted by Crippen LogP contribution is -2.27. The molecule has 0 unspecified atom stereocenters. The molecule has 1 aromatic carbocycles. The van der Waals surface area contributed by atoms with Gasteiger partial charge in [-0.15, -0.1) is 0 Å². The molecule has 1 N–H and O–H groups in total. The van der Waals surface area contributed by atoms with Gasteiger partial charge in [0.05, 0.1) is 27.9 Å². The van der Waals surface area contributed by atoms with Crippen molar-refractivity contribution in [2.45, 2.75) is 0 Å². The van der Waals surface area contributed by atoms with Gasteiger partial charge in [0, 0.05) is 5.56 Å². The smallest absolute Gasteiger partial charge is 0.251 e. The van der Waals surface area contributed by atoms with Gasteiger partial charge in [0.25, 0.3) is 5.91 Å². The summed E-state index contributed by atoms with van der Waals surface area (Å²) in [6.45, 7) is -0.253. The molecule has 0 aliphatic heterocycles. The van der Waals surface area contributed by atoms with Crippen LogP contribution in [-0.2, 0) is 4.79 Å². The monoisotopic (exact) mass is 287 g/mol. The van der Waals surface area contributed by atoms with Crippen molar-refractivity contribution in [3.05, 3.63) is 17.7 Å². The Hall–Kier alpha value is -1.95. The zero-order valence-corrected chi connectivity index (χ0v) is 11.5. The van der Waals surface area contributed by atoms with Crippen molar-refractivity contribution >= 4 is 22.8 Å². The van der Waals surface area contributed by atoms with E-state index in [2.05, 4.69) is 5.32 Å². The number of ether oxygens (including phenoxy) is 3. The standard InChI is InChI=1S/C12H14ClNO5/c1-17-8-4-7(12(16)14-6-10(13)15)5-9(18-2)11(8)19-3/h4-5H,6H2,1-3H3,(H,14,16). The summed E-state index contributed by atoms with van der Waals surface area (Å²) in [4.78, 5) is 22.4. The van der Waals surface area contributed by atoms with Crippen molar-refractivity contribution in [1.29, 1.82) is 0 Å². The number of carbonyl (C=O) groups excluding carboxylic acids is 2. The first-order valence-corrected chi connectivity index (χ1v) is 5.67. The van der Waals surface area contributed by atoms with E-state index in [1.165, 1.54) is 33.5 Å². The summed E-state index contributed by atoms with van der Waals surface area (Å²) in [5.41, 5.74) is 0.271. The van der Waals surface area contributed by atoms with Crippen LogP contribution in [0.2, 0.25) is 0 Å². The minimum Gasteiger partial charge on any atom is -0.493 e. The van der Waals surface area contributed by atoms with E-state index in [-0.39, 0.29) is 12.1 Å². The third kappa shape index (κ3) is 3.75. The van der Waals surface area contributed by atoms with E-state index in [0.717, 1.165) is 0 Å². The molecular weight excluding hydrogens is 274 g/mol. The zero-order chi connectivity index (χ0) is 14.4. The third-order valence-corrected chi connectivity index (χ3v) is 2.45. The molecule has 1 rings (SSSR count). The van der Waals surface area contributed by atoms with Crippen LogP contribution in [0.3, 0.4) is 0 Å². The fourth-order valence-corrected chi connectivity index (χ4v) is 1.53. The van der Waals surface area contributed by atoms with E-state index in [9.17, 15) is 9.59 Å². The van der Waals surface area contributed by atoms with Gasteiger partial charge in [-0.25, -0.2) is 0 Å². The molecule has 0 spiro atoms. The summed E-state index contributed by atoms with van der Waals surface area (Å²) in [5, 5.41) is 1.71. The first kappa shape index (κ1) is 15.1. The van der Waals surface area contributed by atoms with Gasteiger partial charge in [0.1, 0.15) is 0 Å². The molecule has 0 aliphatic carbocycles. The number of benzene rings is 1. The summed E-state index contributed by atoms with van der Waals surface area (Å²) < 4.78 is 15.4. The highest BCUT2D eigenvalue weighted by Gasteiger charge is 2.17. The van der Waals surface area contributed by atoms with E-state index in [1.54, 1.807) is 0 Å². The molecule has 19 heavy (non-hydrogen) atoms. The van der Waals surface area contributed by atoms with Gasteiger partial charge in [0.2, 0.25) is 11.0 Å². The lowest BCUT2D eigenvalue weighted by atomic mass is 10.1. The Morgan fingerprint density at radius 3 is 2.00 bits per heavy atom. The molecule has 0 saturated heterocycles. The van der Waals surface area contributed by atoms with Gasteiger partial charge in [0.15, 0.2) is 11.5 Å². The minimum absolute atomic E-state index is 0.253. The van der Waals surface area contributed by atoms with Crippen LogP contribution >= 0.6 is 11.6 Å². The molecule has 0 aliphatic rings. The number of hydrogen-bond donors (Lipinski definition) is 1. The van der Waals surface area contributed by atoms with E-state index in [0.29, 0.717) is 17.2 Å². The predicted octanol–water partition coefficient (Wildman–Crippen LogP) is 1.21. The lowest BCUT2D eigenvalue weighted by molar-refractivity contribution is -0.110. The Morgan fingerprint density at radius 1 is 1.11 bits per heavy atom. The summed E-state index contributed by atoms with van der Waals surface area (Å²) in [5.74, 6) is 0.622. The zero-order valence-electron chi connectivity index (χ0n) is 10.8. The molecule has 0 radical (unpaired) electrons. The molecule has 0 bridgehead atoms. The van der Waals surface area contributed by atoms with Crippen LogP contribution in [0.1, 0.15) is 10.4 Å². The number of rotatable bonds is 6. The van der Waals surface area contributed by atoms with Crippen molar-refractivity contribution in [3.8, 4) is 17.2 Å². The van der Waals surface area contributed by atoms with E-state index >= 15 is 0 Å². The van der Waals surface area contributed by atoms with Crippen LogP contribution < -0.4 is 19.5 Å². The van der Waals surface area contributed by atoms with Crippen LogP contribution in [0.5, 0.6) is 17.2 Å². The molecule has 1 amide bonds. The maximum atomic E-state index is 11.8. The Kier molecular flexibility index (Phi) is 5.44. The maximum Gasteiger partial charge on any atom is 0.251 e. The summed E-state index contributed by atoms with van der Waals surface area (Å²) >= 11 is 5.15. The SMILES string of the molecule is COc1cc(C(=O)NCC(=O)Cl)cc(OC)c1OC. The van der Waals surface area contributed by atoms with Crippen LogP contribution in [0.15, 0.2) is 12.1 Å². The molecule has 104 valence electrons. The van der Waals surface area contributed by atoms with Gasteiger partial charge < -0.3 is 19.5 Å². The van der Waals surface area contributed by atoms with Crippen molar-refractivity contribution in [2.24, 2.45) is 0 Å². The number of amides is 1. The highest BCUT2D eigenvalue weighted by Crippen LogP contribution is 2.38. The summed E-state index contributed by atoms with van der Waals surface area (Å²) in [6.07, 6.45) is 0. The van der Waals surface area contributed by atoms with Crippen LogP contribution in [0, 0.1) is 0 Å². The molecule has 0 fully saturated rings. The van der Waals surface area contributed by atoms with Crippen molar-refractivity contribution in [2.75, 3.05) is 27.9 Å². The van der Waals surface area contributed by atoms with Crippen molar-refractivity contribution in [3.63, 3.8) is 0 Å². The van der Waals surface area contributed by atoms with Gasteiger partial charge in [-0.05, 0) is 23.7 Å². The van der Waals surface area contributed by atoms with Gasteiger partial charge in [-0.2, -0.15) is 0 Å². The minimum atomic E-state index is -0.652. The van der Waals surface area contributed by atoms with Crippen molar-refractivity contribution in [1.82, 2.24) is 5.32 Å². The summed E-state index contributed by atoms with van der Waals surface area (Å²) in [6, 6.07) is 2.96. The van der Waals surface area contributed by atoms with Gasteiger partial charge in [-0.3, -0.25) is 9.59 Å². The quantitative estimate of drug-likeness (QED) is 0.796. The molecule has 6 nitrogen and oxygen atoms in total. The average molecular weight is 288 g/mol. The molecule has 0 heterocycles. The molecule has 7 heteroatoms. The number of nitrogens with one attached hydrogen (secondary N) is 1. The predicted molar refractivity (Wildman–Crippen MR) is 69.3 cm³/mol. The maximum absolute atomic E-state index is 11.8. The average Bonchev–Trinajstić information content (AvgIpc) is 2.42. The number of methoxy groups -OCH3 is 3. The fraction of sp³-hybridized carbons (Fsp3) is 0.333. The van der Waals surface area contributed by atoms with E-state index in [1.807, 2.05) is 0 Å². The summed E-state index contributed by atoms with van der Waals surface area (Å²) in [7, 11) is 4.36. The largest absolute Gasteiger partial charge is 0.493 e. The van der Waals surface area contributed by atoms with E-state index in [4.69, 9.17) is 25.8 Å². The normalized spacial score (nSPS) is 9.68. The number of hydrogen-bond acceptors (Lipinski definition) is 5. The van der Waals surface area contributed by atoms with Gasteiger partial charge in [-0.1, -0.05) is 0 Å². The number of halogens is 1. The Labute approximate surface area is 115 Å².